The molecule has 126 valence electrons. The highest BCUT2D eigenvalue weighted by Crippen LogP contribution is 2.30. The zero-order valence-electron chi connectivity index (χ0n) is 13.5. The molecule has 8 heteroatoms. The van der Waals surface area contributed by atoms with Crippen LogP contribution in [0.1, 0.15) is 39.1 Å². The molecule has 7 nitrogen and oxygen atoms in total. The molecular weight excluding hydrogens is 315 g/mol. The zero-order valence-corrected chi connectivity index (χ0v) is 13.5. The highest BCUT2D eigenvalue weighted by Gasteiger charge is 2.29. The third kappa shape index (κ3) is 3.12. The van der Waals surface area contributed by atoms with E-state index in [1.807, 2.05) is 0 Å². The number of carbonyl (C=O) groups is 1. The Morgan fingerprint density at radius 1 is 1.54 bits per heavy atom. The van der Waals surface area contributed by atoms with Crippen LogP contribution in [0.25, 0.3) is 22.1 Å². The predicted molar refractivity (Wildman–Crippen MR) is 84.7 cm³/mol. The minimum Gasteiger partial charge on any atom is -0.618 e. The van der Waals surface area contributed by atoms with Crippen LogP contribution in [0.5, 0.6) is 0 Å². The van der Waals surface area contributed by atoms with Gasteiger partial charge in [0.2, 0.25) is 11.7 Å². The average Bonchev–Trinajstić information content (AvgIpc) is 2.89. The molecule has 0 aliphatic rings. The van der Waals surface area contributed by atoms with Crippen LogP contribution in [0.15, 0.2) is 24.5 Å². The first-order valence-electron chi connectivity index (χ1n) is 7.47. The maximum atomic E-state index is 14.0. The molecule has 0 aliphatic heterocycles. The van der Waals surface area contributed by atoms with Gasteiger partial charge in [0.1, 0.15) is 17.0 Å². The van der Waals surface area contributed by atoms with Gasteiger partial charge in [0.15, 0.2) is 17.1 Å². The lowest BCUT2D eigenvalue weighted by atomic mass is 10.0. The number of aromatic amines is 1. The molecule has 0 saturated carbocycles. The largest absolute Gasteiger partial charge is 0.618 e. The average molecular weight is 332 g/mol. The van der Waals surface area contributed by atoms with E-state index in [0.29, 0.717) is 26.8 Å². The van der Waals surface area contributed by atoms with Crippen molar-refractivity contribution < 1.29 is 18.7 Å². The van der Waals surface area contributed by atoms with Gasteiger partial charge in [-0.2, -0.15) is 4.73 Å². The number of aromatic nitrogens is 4. The van der Waals surface area contributed by atoms with Gasteiger partial charge in [-0.25, -0.2) is 14.4 Å². The summed E-state index contributed by atoms with van der Waals surface area (Å²) in [6.45, 7) is 4.05. The zero-order chi connectivity index (χ0) is 17.5. The summed E-state index contributed by atoms with van der Waals surface area (Å²) in [5, 5.41) is 12.1. The van der Waals surface area contributed by atoms with Crippen LogP contribution in [0.3, 0.4) is 0 Å². The number of esters is 1. The van der Waals surface area contributed by atoms with Gasteiger partial charge < -0.3 is 14.9 Å². The number of hydrogen-bond donors (Lipinski definition) is 1. The van der Waals surface area contributed by atoms with E-state index in [2.05, 4.69) is 15.0 Å². The summed E-state index contributed by atoms with van der Waals surface area (Å²) in [5.74, 6) is -0.254. The van der Waals surface area contributed by atoms with Crippen molar-refractivity contribution in [3.63, 3.8) is 0 Å². The van der Waals surface area contributed by atoms with E-state index in [4.69, 9.17) is 4.74 Å². The molecule has 0 spiro atoms. The molecule has 0 aliphatic carbocycles. The summed E-state index contributed by atoms with van der Waals surface area (Å²) in [4.78, 5) is 22.9. The normalized spacial score (nSPS) is 13.3. The van der Waals surface area contributed by atoms with E-state index < -0.39 is 17.7 Å². The Balaban J connectivity index is 2.14. The molecule has 24 heavy (non-hydrogen) atoms. The molecule has 0 saturated heterocycles. The van der Waals surface area contributed by atoms with Crippen molar-refractivity contribution in [3.8, 4) is 0 Å². The first-order valence-corrected chi connectivity index (χ1v) is 7.47. The fraction of sp³-hybridized carbons (Fsp3) is 0.375. The fourth-order valence-electron chi connectivity index (χ4n) is 2.62. The van der Waals surface area contributed by atoms with Crippen LogP contribution < -0.4 is 4.73 Å². The van der Waals surface area contributed by atoms with Crippen molar-refractivity contribution >= 4 is 28.0 Å². The molecule has 1 atom stereocenters. The summed E-state index contributed by atoms with van der Waals surface area (Å²) in [6, 6.07) is 3.30. The summed E-state index contributed by atoms with van der Waals surface area (Å²) >= 11 is 0. The number of ether oxygens (including phenoxy) is 1. The van der Waals surface area contributed by atoms with Gasteiger partial charge in [-0.05, 0) is 19.9 Å². The van der Waals surface area contributed by atoms with Crippen molar-refractivity contribution in [1.29, 1.82) is 0 Å². The second-order valence-corrected chi connectivity index (χ2v) is 6.23. The van der Waals surface area contributed by atoms with Crippen LogP contribution in [-0.2, 0) is 9.53 Å². The number of alkyl halides is 1. The number of pyridine rings is 2. The number of rotatable bonds is 4. The van der Waals surface area contributed by atoms with Crippen molar-refractivity contribution in [2.75, 3.05) is 0 Å². The Labute approximate surface area is 137 Å². The molecular formula is C16H17FN4O3. The van der Waals surface area contributed by atoms with E-state index >= 15 is 0 Å². The maximum Gasteiger partial charge on any atom is 0.303 e. The smallest absolute Gasteiger partial charge is 0.303 e. The molecule has 3 aromatic rings. The van der Waals surface area contributed by atoms with Gasteiger partial charge in [0.25, 0.3) is 0 Å². The van der Waals surface area contributed by atoms with Crippen LogP contribution in [0, 0.1) is 5.21 Å². The first-order chi connectivity index (χ1) is 11.2. The van der Waals surface area contributed by atoms with Gasteiger partial charge in [0.05, 0.1) is 0 Å². The van der Waals surface area contributed by atoms with Gasteiger partial charge >= 0.3 is 5.97 Å². The molecule has 0 bridgehead atoms. The van der Waals surface area contributed by atoms with Gasteiger partial charge in [-0.1, -0.05) is 0 Å². The second-order valence-electron chi connectivity index (χ2n) is 6.23. The van der Waals surface area contributed by atoms with E-state index in [9.17, 15) is 14.4 Å². The molecule has 0 amide bonds. The number of H-pyrrole nitrogens is 1. The highest BCUT2D eigenvalue weighted by atomic mass is 19.1. The minimum absolute atomic E-state index is 0.0604. The minimum atomic E-state index is -1.56. The van der Waals surface area contributed by atoms with Gasteiger partial charge in [-0.15, -0.1) is 0 Å². The Morgan fingerprint density at radius 2 is 2.29 bits per heavy atom. The third-order valence-electron chi connectivity index (χ3n) is 3.53. The highest BCUT2D eigenvalue weighted by molar-refractivity contribution is 5.97. The SMILES string of the molecule is CC(=O)OC(CC(C)(C)F)c1nc2c[n+]([O-])c3cccnc3c2[nH]1. The topological polar surface area (TPSA) is 94.8 Å². The number of nitrogens with one attached hydrogen (secondary N) is 1. The monoisotopic (exact) mass is 332 g/mol. The van der Waals surface area contributed by atoms with Crippen LogP contribution >= 0.6 is 0 Å². The number of carbonyl (C=O) groups excluding carboxylic acids is 1. The first kappa shape index (κ1) is 16.1. The number of nitrogens with zero attached hydrogens (tertiary/aromatic N) is 3. The Morgan fingerprint density at radius 3 is 2.96 bits per heavy atom. The lowest BCUT2D eigenvalue weighted by Crippen LogP contribution is -2.26. The third-order valence-corrected chi connectivity index (χ3v) is 3.53. The van der Waals surface area contributed by atoms with Gasteiger partial charge in [0, 0.05) is 25.6 Å². The Hall–Kier alpha value is -2.77. The summed E-state index contributed by atoms with van der Waals surface area (Å²) < 4.78 is 19.9. The van der Waals surface area contributed by atoms with Crippen LogP contribution in [0.2, 0.25) is 0 Å². The standard InChI is InChI=1S/C16H17FN4O3/c1-9(22)24-12(7-16(2,3)17)15-19-10-8-21(23)11-5-4-6-18-14(11)13(10)20-15/h4-6,8,12H,7H2,1-3H3,(H,19,20). The molecule has 1 N–H and O–H groups in total. The summed E-state index contributed by atoms with van der Waals surface area (Å²) in [5.41, 5.74) is 0.194. The molecule has 0 fully saturated rings. The predicted octanol–water partition coefficient (Wildman–Crippen LogP) is 2.49. The molecule has 3 aromatic heterocycles. The molecule has 0 aromatic carbocycles. The van der Waals surface area contributed by atoms with Crippen molar-refractivity contribution in [3.05, 3.63) is 35.6 Å². The number of fused-ring (bicyclic) bond motifs is 3. The molecule has 1 unspecified atom stereocenters. The second kappa shape index (κ2) is 5.70. The van der Waals surface area contributed by atoms with E-state index in [-0.39, 0.29) is 12.2 Å². The quantitative estimate of drug-likeness (QED) is 0.450. The Bertz CT molecular complexity index is 917. The van der Waals surface area contributed by atoms with Crippen molar-refractivity contribution in [2.24, 2.45) is 0 Å². The lowest BCUT2D eigenvalue weighted by molar-refractivity contribution is -0.575. The fourth-order valence-corrected chi connectivity index (χ4v) is 2.62. The van der Waals surface area contributed by atoms with Crippen molar-refractivity contribution in [1.82, 2.24) is 15.0 Å². The maximum absolute atomic E-state index is 14.0. The van der Waals surface area contributed by atoms with E-state index in [1.165, 1.54) is 27.0 Å². The summed E-state index contributed by atoms with van der Waals surface area (Å²) in [6.07, 6.45) is 1.94. The van der Waals surface area contributed by atoms with Gasteiger partial charge in [-0.3, -0.25) is 4.79 Å². The number of hydrogen-bond acceptors (Lipinski definition) is 5. The molecule has 3 rings (SSSR count). The number of halogens is 1. The van der Waals surface area contributed by atoms with E-state index in [0.717, 1.165) is 0 Å². The lowest BCUT2D eigenvalue weighted by Gasteiger charge is -2.21. The summed E-state index contributed by atoms with van der Waals surface area (Å²) in [7, 11) is 0. The Kier molecular flexibility index (Phi) is 3.82. The molecule has 0 radical (unpaired) electrons. The van der Waals surface area contributed by atoms with E-state index in [1.54, 1.807) is 18.3 Å². The van der Waals surface area contributed by atoms with Crippen LogP contribution in [0.4, 0.5) is 4.39 Å². The van der Waals surface area contributed by atoms with Crippen molar-refractivity contribution in [2.45, 2.75) is 39.0 Å². The molecule has 3 heterocycles. The number of imidazole rings is 1. The van der Waals surface area contributed by atoms with Crippen LogP contribution in [-0.4, -0.2) is 26.6 Å².